The molecule has 0 saturated carbocycles. The fraction of sp³-hybridized carbons (Fsp3) is 0.200. The zero-order valence-electron chi connectivity index (χ0n) is 9.70. The van der Waals surface area contributed by atoms with Crippen LogP contribution in [-0.4, -0.2) is 7.05 Å². The lowest BCUT2D eigenvalue weighted by Crippen LogP contribution is -2.16. The Kier molecular flexibility index (Phi) is 2.00. The van der Waals surface area contributed by atoms with Gasteiger partial charge < -0.3 is 4.90 Å². The van der Waals surface area contributed by atoms with Crippen LogP contribution >= 0.6 is 0 Å². The molecule has 1 heteroatoms. The van der Waals surface area contributed by atoms with Crippen LogP contribution < -0.4 is 4.90 Å². The third-order valence-electron chi connectivity index (χ3n) is 3.27. The van der Waals surface area contributed by atoms with Crippen LogP contribution in [0.2, 0.25) is 0 Å². The van der Waals surface area contributed by atoms with Gasteiger partial charge in [-0.05, 0) is 35.7 Å². The van der Waals surface area contributed by atoms with E-state index < -0.39 is 0 Å². The highest BCUT2D eigenvalue weighted by atomic mass is 15.1. The normalized spacial score (nSPS) is 14.9. The minimum absolute atomic E-state index is 1.07. The van der Waals surface area contributed by atoms with Gasteiger partial charge in [-0.25, -0.2) is 0 Å². The lowest BCUT2D eigenvalue weighted by molar-refractivity contribution is 1.03. The second kappa shape index (κ2) is 3.38. The summed E-state index contributed by atoms with van der Waals surface area (Å²) in [4.78, 5) is 2.22. The van der Waals surface area contributed by atoms with Gasteiger partial charge in [-0.3, -0.25) is 0 Å². The topological polar surface area (TPSA) is 3.24 Å². The monoisotopic (exact) mass is 209 g/mol. The fourth-order valence-electron chi connectivity index (χ4n) is 2.57. The summed E-state index contributed by atoms with van der Waals surface area (Å²) >= 11 is 0. The van der Waals surface area contributed by atoms with E-state index in [2.05, 4.69) is 61.5 Å². The van der Waals surface area contributed by atoms with Crippen molar-refractivity contribution in [3.63, 3.8) is 0 Å². The first-order valence-corrected chi connectivity index (χ1v) is 5.66. The van der Waals surface area contributed by atoms with Gasteiger partial charge in [0.05, 0.1) is 0 Å². The first-order chi connectivity index (χ1) is 7.75. The van der Waals surface area contributed by atoms with E-state index in [0.29, 0.717) is 0 Å². The Morgan fingerprint density at radius 3 is 2.75 bits per heavy atom. The van der Waals surface area contributed by atoms with E-state index in [1.807, 2.05) is 0 Å². The molecule has 0 saturated heterocycles. The van der Waals surface area contributed by atoms with Crippen molar-refractivity contribution in [1.82, 2.24) is 0 Å². The van der Waals surface area contributed by atoms with Gasteiger partial charge in [0.1, 0.15) is 0 Å². The van der Waals surface area contributed by atoms with Crippen LogP contribution in [0.25, 0.3) is 10.8 Å². The lowest BCUT2D eigenvalue weighted by atomic mass is 9.95. The standard InChI is InChI=1S/C15H15N/c1-11-9-14-13-6-4-3-5-12(13)7-8-15(14)16(2)10-11/h3-8,10H,9H2,1-2H3. The molecule has 2 aromatic carbocycles. The maximum absolute atomic E-state index is 2.22. The summed E-state index contributed by atoms with van der Waals surface area (Å²) in [6.45, 7) is 2.20. The van der Waals surface area contributed by atoms with E-state index >= 15 is 0 Å². The van der Waals surface area contributed by atoms with Crippen LogP contribution in [0.3, 0.4) is 0 Å². The molecule has 0 N–H and O–H groups in total. The molecule has 0 bridgehead atoms. The molecule has 0 atom stereocenters. The molecule has 16 heavy (non-hydrogen) atoms. The molecule has 0 spiro atoms. The molecule has 1 heterocycles. The number of anilines is 1. The molecule has 0 aliphatic carbocycles. The molecular weight excluding hydrogens is 194 g/mol. The Bertz CT molecular complexity index is 581. The maximum Gasteiger partial charge on any atom is 0.0445 e. The Labute approximate surface area is 96.0 Å². The van der Waals surface area contributed by atoms with E-state index in [4.69, 9.17) is 0 Å². The third kappa shape index (κ3) is 1.32. The second-order valence-corrected chi connectivity index (χ2v) is 4.55. The van der Waals surface area contributed by atoms with E-state index in [-0.39, 0.29) is 0 Å². The number of hydrogen-bond donors (Lipinski definition) is 0. The Hall–Kier alpha value is -1.76. The number of hydrogen-bond acceptors (Lipinski definition) is 1. The Balaban J connectivity index is 2.33. The number of fused-ring (bicyclic) bond motifs is 3. The molecule has 1 aliphatic rings. The molecule has 2 aromatic rings. The minimum Gasteiger partial charge on any atom is -0.351 e. The second-order valence-electron chi connectivity index (χ2n) is 4.55. The zero-order valence-corrected chi connectivity index (χ0v) is 9.70. The molecule has 0 amide bonds. The van der Waals surface area contributed by atoms with Gasteiger partial charge >= 0.3 is 0 Å². The summed E-state index contributed by atoms with van der Waals surface area (Å²) in [5.41, 5.74) is 4.22. The first kappa shape index (κ1) is 9.46. The van der Waals surface area contributed by atoms with Gasteiger partial charge in [0.2, 0.25) is 0 Å². The summed E-state index contributed by atoms with van der Waals surface area (Å²) in [5, 5.41) is 2.73. The summed E-state index contributed by atoms with van der Waals surface area (Å²) in [7, 11) is 2.12. The van der Waals surface area contributed by atoms with Crippen molar-refractivity contribution < 1.29 is 0 Å². The molecule has 1 aliphatic heterocycles. The highest BCUT2D eigenvalue weighted by Gasteiger charge is 2.14. The smallest absolute Gasteiger partial charge is 0.0445 e. The van der Waals surface area contributed by atoms with Crippen LogP contribution in [0.15, 0.2) is 48.2 Å². The van der Waals surface area contributed by atoms with Gasteiger partial charge in [-0.1, -0.05) is 35.9 Å². The summed E-state index contributed by atoms with van der Waals surface area (Å²) < 4.78 is 0. The van der Waals surface area contributed by atoms with Gasteiger partial charge in [-0.15, -0.1) is 0 Å². The minimum atomic E-state index is 1.07. The quantitative estimate of drug-likeness (QED) is 0.639. The average Bonchev–Trinajstić information content (AvgIpc) is 2.28. The van der Waals surface area contributed by atoms with Crippen molar-refractivity contribution in [2.75, 3.05) is 11.9 Å². The largest absolute Gasteiger partial charge is 0.351 e. The molecular formula is C15H15N. The molecule has 0 radical (unpaired) electrons. The predicted molar refractivity (Wildman–Crippen MR) is 69.8 cm³/mol. The number of allylic oxidation sites excluding steroid dienone is 1. The van der Waals surface area contributed by atoms with E-state index in [9.17, 15) is 0 Å². The molecule has 0 unspecified atom stereocenters. The fourth-order valence-corrected chi connectivity index (χ4v) is 2.57. The summed E-state index contributed by atoms with van der Waals surface area (Å²) in [6.07, 6.45) is 3.29. The highest BCUT2D eigenvalue weighted by molar-refractivity contribution is 5.91. The van der Waals surface area contributed by atoms with Crippen LogP contribution in [0, 0.1) is 0 Å². The van der Waals surface area contributed by atoms with Gasteiger partial charge in [-0.2, -0.15) is 0 Å². The van der Waals surface area contributed by atoms with E-state index in [0.717, 1.165) is 6.42 Å². The zero-order chi connectivity index (χ0) is 11.1. The molecule has 3 rings (SSSR count). The molecule has 0 aromatic heterocycles. The number of rotatable bonds is 0. The van der Waals surface area contributed by atoms with Crippen LogP contribution in [0.5, 0.6) is 0 Å². The average molecular weight is 209 g/mol. The van der Waals surface area contributed by atoms with Crippen molar-refractivity contribution in [2.24, 2.45) is 0 Å². The summed E-state index contributed by atoms with van der Waals surface area (Å²) in [5.74, 6) is 0. The van der Waals surface area contributed by atoms with Gasteiger partial charge in [0.25, 0.3) is 0 Å². The molecule has 80 valence electrons. The van der Waals surface area contributed by atoms with Gasteiger partial charge in [0.15, 0.2) is 0 Å². The van der Waals surface area contributed by atoms with Crippen molar-refractivity contribution in [3.05, 3.63) is 53.7 Å². The lowest BCUT2D eigenvalue weighted by Gasteiger charge is -2.26. The predicted octanol–water partition coefficient (Wildman–Crippen LogP) is 3.74. The van der Waals surface area contributed by atoms with Crippen molar-refractivity contribution in [1.29, 1.82) is 0 Å². The van der Waals surface area contributed by atoms with Crippen LogP contribution in [0.4, 0.5) is 5.69 Å². The van der Waals surface area contributed by atoms with E-state index in [1.54, 1.807) is 0 Å². The Morgan fingerprint density at radius 1 is 1.06 bits per heavy atom. The molecule has 0 fully saturated rings. The molecule has 1 nitrogen and oxygen atoms in total. The summed E-state index contributed by atoms with van der Waals surface area (Å²) in [6, 6.07) is 13.1. The van der Waals surface area contributed by atoms with Gasteiger partial charge in [0, 0.05) is 18.9 Å². The SMILES string of the molecule is CC1=CN(C)c2ccc3ccccc3c2C1. The first-order valence-electron chi connectivity index (χ1n) is 5.66. The Morgan fingerprint density at radius 2 is 1.88 bits per heavy atom. The van der Waals surface area contributed by atoms with Crippen LogP contribution in [-0.2, 0) is 6.42 Å². The van der Waals surface area contributed by atoms with Crippen molar-refractivity contribution in [3.8, 4) is 0 Å². The van der Waals surface area contributed by atoms with Crippen LogP contribution in [0.1, 0.15) is 12.5 Å². The number of benzene rings is 2. The maximum atomic E-state index is 2.22. The third-order valence-corrected chi connectivity index (χ3v) is 3.27. The van der Waals surface area contributed by atoms with Crippen molar-refractivity contribution >= 4 is 16.5 Å². The van der Waals surface area contributed by atoms with E-state index in [1.165, 1.54) is 27.6 Å². The van der Waals surface area contributed by atoms with Crippen molar-refractivity contribution in [2.45, 2.75) is 13.3 Å². The number of nitrogens with zero attached hydrogens (tertiary/aromatic N) is 1. The highest BCUT2D eigenvalue weighted by Crippen LogP contribution is 2.33.